The standard InChI is InChI=1S/C20H24N2O6/c1-27-19(25)14-7-8-16(21)15(11-14)18(24)17(23)9-10-22-20(26)28-12-13-5-3-2-4-6-13/h2-8,11,17-18,23-24H,9-10,12,21H2,1H3,(H,22,26). The normalized spacial score (nSPS) is 12.7. The van der Waals surface area contributed by atoms with Gasteiger partial charge in [-0.15, -0.1) is 0 Å². The number of alkyl carbamates (subject to hydrolysis) is 1. The van der Waals surface area contributed by atoms with Gasteiger partial charge < -0.3 is 30.7 Å². The van der Waals surface area contributed by atoms with E-state index in [1.54, 1.807) is 0 Å². The van der Waals surface area contributed by atoms with E-state index in [1.807, 2.05) is 30.3 Å². The summed E-state index contributed by atoms with van der Waals surface area (Å²) < 4.78 is 9.70. The third-order valence-electron chi connectivity index (χ3n) is 4.11. The lowest BCUT2D eigenvalue weighted by Gasteiger charge is -2.20. The van der Waals surface area contributed by atoms with Crippen LogP contribution < -0.4 is 11.1 Å². The Morgan fingerprint density at radius 3 is 2.54 bits per heavy atom. The molecular weight excluding hydrogens is 364 g/mol. The van der Waals surface area contributed by atoms with Gasteiger partial charge in [-0.1, -0.05) is 30.3 Å². The van der Waals surface area contributed by atoms with E-state index in [0.717, 1.165) is 5.56 Å². The zero-order valence-corrected chi connectivity index (χ0v) is 15.5. The van der Waals surface area contributed by atoms with Crippen LogP contribution in [0.5, 0.6) is 0 Å². The molecule has 2 rings (SSSR count). The summed E-state index contributed by atoms with van der Waals surface area (Å²) >= 11 is 0. The van der Waals surface area contributed by atoms with Crippen LogP contribution in [0.3, 0.4) is 0 Å². The topological polar surface area (TPSA) is 131 Å². The van der Waals surface area contributed by atoms with Gasteiger partial charge in [0, 0.05) is 17.8 Å². The van der Waals surface area contributed by atoms with Crippen LogP contribution in [0.1, 0.15) is 34.0 Å². The average Bonchev–Trinajstić information content (AvgIpc) is 2.72. The maximum absolute atomic E-state index is 11.7. The molecule has 0 radical (unpaired) electrons. The second kappa shape index (κ2) is 10.3. The van der Waals surface area contributed by atoms with Crippen molar-refractivity contribution in [3.05, 3.63) is 65.2 Å². The minimum atomic E-state index is -1.33. The zero-order chi connectivity index (χ0) is 20.5. The zero-order valence-electron chi connectivity index (χ0n) is 15.5. The Balaban J connectivity index is 1.83. The van der Waals surface area contributed by atoms with Gasteiger partial charge in [0.15, 0.2) is 0 Å². The number of nitrogen functional groups attached to an aromatic ring is 1. The van der Waals surface area contributed by atoms with Gasteiger partial charge in [0.25, 0.3) is 0 Å². The number of hydrogen-bond acceptors (Lipinski definition) is 7. The number of nitrogens with one attached hydrogen (secondary N) is 1. The lowest BCUT2D eigenvalue weighted by molar-refractivity contribution is 0.0139. The summed E-state index contributed by atoms with van der Waals surface area (Å²) in [7, 11) is 1.24. The molecular formula is C20H24N2O6. The van der Waals surface area contributed by atoms with Crippen LogP contribution >= 0.6 is 0 Å². The number of nitrogens with two attached hydrogens (primary N) is 1. The highest BCUT2D eigenvalue weighted by Crippen LogP contribution is 2.26. The monoisotopic (exact) mass is 388 g/mol. The molecule has 2 atom stereocenters. The van der Waals surface area contributed by atoms with Gasteiger partial charge >= 0.3 is 12.1 Å². The van der Waals surface area contributed by atoms with Crippen molar-refractivity contribution in [2.24, 2.45) is 0 Å². The Morgan fingerprint density at radius 2 is 1.86 bits per heavy atom. The smallest absolute Gasteiger partial charge is 0.407 e. The first-order valence-corrected chi connectivity index (χ1v) is 8.70. The van der Waals surface area contributed by atoms with Gasteiger partial charge in [0.1, 0.15) is 12.7 Å². The highest BCUT2D eigenvalue weighted by Gasteiger charge is 2.22. The van der Waals surface area contributed by atoms with E-state index in [9.17, 15) is 19.8 Å². The van der Waals surface area contributed by atoms with E-state index in [0.29, 0.717) is 0 Å². The molecule has 2 aromatic carbocycles. The molecule has 5 N–H and O–H groups in total. The summed E-state index contributed by atoms with van der Waals surface area (Å²) in [5.74, 6) is -0.578. The van der Waals surface area contributed by atoms with E-state index < -0.39 is 24.3 Å². The Morgan fingerprint density at radius 1 is 1.14 bits per heavy atom. The van der Waals surface area contributed by atoms with Crippen molar-refractivity contribution in [3.8, 4) is 0 Å². The van der Waals surface area contributed by atoms with Crippen molar-refractivity contribution < 1.29 is 29.3 Å². The van der Waals surface area contributed by atoms with Crippen molar-refractivity contribution in [2.75, 3.05) is 19.4 Å². The predicted octanol–water partition coefficient (Wildman–Crippen LogP) is 1.77. The molecule has 0 aliphatic carbocycles. The second-order valence-corrected chi connectivity index (χ2v) is 6.12. The molecule has 0 spiro atoms. The number of carbonyl (C=O) groups is 2. The summed E-state index contributed by atoms with van der Waals surface area (Å²) in [6.07, 6.45) is -3.10. The molecule has 0 saturated heterocycles. The van der Waals surface area contributed by atoms with Gasteiger partial charge in [-0.25, -0.2) is 9.59 Å². The molecule has 2 unspecified atom stereocenters. The Bertz CT molecular complexity index is 797. The quantitative estimate of drug-likeness (QED) is 0.400. The van der Waals surface area contributed by atoms with Crippen LogP contribution in [-0.2, 0) is 16.1 Å². The predicted molar refractivity (Wildman–Crippen MR) is 102 cm³/mol. The van der Waals surface area contributed by atoms with E-state index >= 15 is 0 Å². The largest absolute Gasteiger partial charge is 0.465 e. The molecule has 8 nitrogen and oxygen atoms in total. The number of aliphatic hydroxyl groups is 2. The van der Waals surface area contributed by atoms with E-state index in [4.69, 9.17) is 10.5 Å². The van der Waals surface area contributed by atoms with Crippen LogP contribution in [0.15, 0.2) is 48.5 Å². The van der Waals surface area contributed by atoms with Crippen LogP contribution in [0.25, 0.3) is 0 Å². The molecule has 0 fully saturated rings. The Labute approximate surface area is 162 Å². The molecule has 2 aromatic rings. The first-order valence-electron chi connectivity index (χ1n) is 8.70. The Kier molecular flexibility index (Phi) is 7.79. The first kappa shape index (κ1) is 21.2. The summed E-state index contributed by atoms with van der Waals surface area (Å²) in [6, 6.07) is 13.5. The van der Waals surface area contributed by atoms with E-state index in [-0.39, 0.29) is 36.4 Å². The number of carbonyl (C=O) groups excluding carboxylic acids is 2. The summed E-state index contributed by atoms with van der Waals surface area (Å²) in [5.41, 5.74) is 7.33. The van der Waals surface area contributed by atoms with Gasteiger partial charge in [0.05, 0.1) is 18.8 Å². The third kappa shape index (κ3) is 5.97. The maximum atomic E-state index is 11.7. The van der Waals surface area contributed by atoms with Crippen molar-refractivity contribution in [3.63, 3.8) is 0 Å². The first-order chi connectivity index (χ1) is 13.4. The summed E-state index contributed by atoms with van der Waals surface area (Å²) in [4.78, 5) is 23.3. The fourth-order valence-electron chi connectivity index (χ4n) is 2.54. The Hall–Kier alpha value is -3.10. The fourth-order valence-corrected chi connectivity index (χ4v) is 2.54. The van der Waals surface area contributed by atoms with E-state index in [1.165, 1.54) is 25.3 Å². The minimum absolute atomic E-state index is 0.0590. The molecule has 8 heteroatoms. The van der Waals surface area contributed by atoms with E-state index in [2.05, 4.69) is 10.1 Å². The van der Waals surface area contributed by atoms with Crippen molar-refractivity contribution in [1.82, 2.24) is 5.32 Å². The summed E-state index contributed by atoms with van der Waals surface area (Å²) in [5, 5.41) is 23.0. The van der Waals surface area contributed by atoms with Crippen LogP contribution in [-0.4, -0.2) is 42.0 Å². The van der Waals surface area contributed by atoms with Crippen LogP contribution in [0, 0.1) is 0 Å². The number of hydrogen-bond donors (Lipinski definition) is 4. The highest BCUT2D eigenvalue weighted by molar-refractivity contribution is 5.90. The molecule has 1 amide bonds. The fraction of sp³-hybridized carbons (Fsp3) is 0.300. The number of benzene rings is 2. The molecule has 0 aromatic heterocycles. The second-order valence-electron chi connectivity index (χ2n) is 6.12. The molecule has 0 aliphatic rings. The number of esters is 1. The number of methoxy groups -OCH3 is 1. The van der Waals surface area contributed by atoms with Gasteiger partial charge in [-0.05, 0) is 30.2 Å². The van der Waals surface area contributed by atoms with Gasteiger partial charge in [-0.3, -0.25) is 0 Å². The van der Waals surface area contributed by atoms with Gasteiger partial charge in [-0.2, -0.15) is 0 Å². The molecule has 0 heterocycles. The number of rotatable bonds is 8. The van der Waals surface area contributed by atoms with Crippen molar-refractivity contribution in [1.29, 1.82) is 0 Å². The van der Waals surface area contributed by atoms with Crippen LogP contribution in [0.2, 0.25) is 0 Å². The molecule has 28 heavy (non-hydrogen) atoms. The number of ether oxygens (including phenoxy) is 2. The SMILES string of the molecule is COC(=O)c1ccc(N)c(C(O)C(O)CCNC(=O)OCc2ccccc2)c1. The summed E-state index contributed by atoms with van der Waals surface area (Å²) in [6.45, 7) is 0.219. The highest BCUT2D eigenvalue weighted by atomic mass is 16.5. The lowest BCUT2D eigenvalue weighted by Crippen LogP contribution is -2.30. The number of amides is 1. The van der Waals surface area contributed by atoms with Crippen molar-refractivity contribution in [2.45, 2.75) is 25.2 Å². The molecule has 0 aliphatic heterocycles. The lowest BCUT2D eigenvalue weighted by atomic mass is 9.98. The number of aliphatic hydroxyl groups excluding tert-OH is 2. The number of anilines is 1. The molecule has 0 saturated carbocycles. The third-order valence-corrected chi connectivity index (χ3v) is 4.11. The average molecular weight is 388 g/mol. The minimum Gasteiger partial charge on any atom is -0.465 e. The maximum Gasteiger partial charge on any atom is 0.407 e. The van der Waals surface area contributed by atoms with Crippen LogP contribution in [0.4, 0.5) is 10.5 Å². The van der Waals surface area contributed by atoms with Gasteiger partial charge in [0.2, 0.25) is 0 Å². The molecule has 0 bridgehead atoms. The molecule has 150 valence electrons. The van der Waals surface area contributed by atoms with Crippen molar-refractivity contribution >= 4 is 17.7 Å².